The fourth-order valence-corrected chi connectivity index (χ4v) is 3.15. The summed E-state index contributed by atoms with van der Waals surface area (Å²) in [5.41, 5.74) is 3.39. The monoisotopic (exact) mass is 284 g/mol. The number of rotatable bonds is 5. The van der Waals surface area contributed by atoms with Crippen molar-refractivity contribution in [2.45, 2.75) is 39.2 Å². The zero-order valence-electron chi connectivity index (χ0n) is 12.7. The van der Waals surface area contributed by atoms with E-state index in [1.165, 1.54) is 31.2 Å². The second-order valence-corrected chi connectivity index (χ2v) is 6.27. The summed E-state index contributed by atoms with van der Waals surface area (Å²) < 4.78 is 0. The van der Waals surface area contributed by atoms with Gasteiger partial charge in [0.1, 0.15) is 0 Å². The third kappa shape index (κ3) is 3.70. The van der Waals surface area contributed by atoms with Gasteiger partial charge < -0.3 is 5.32 Å². The summed E-state index contributed by atoms with van der Waals surface area (Å²) in [4.78, 5) is 4.17. The van der Waals surface area contributed by atoms with Gasteiger partial charge in [0.2, 0.25) is 0 Å². The molecule has 0 unspecified atom stereocenters. The summed E-state index contributed by atoms with van der Waals surface area (Å²) in [5.74, 6) is 1.77. The molecule has 0 radical (unpaired) electrons. The number of nitrogens with zero attached hydrogens (tertiary/aromatic N) is 2. The Hall–Kier alpha value is -1.68. The predicted molar refractivity (Wildman–Crippen MR) is 84.6 cm³/mol. The van der Waals surface area contributed by atoms with E-state index in [0.717, 1.165) is 36.2 Å². The molecule has 21 heavy (non-hydrogen) atoms. The lowest BCUT2D eigenvalue weighted by Crippen LogP contribution is -2.25. The molecular weight excluding hydrogens is 260 g/mol. The van der Waals surface area contributed by atoms with Crippen molar-refractivity contribution in [2.75, 3.05) is 6.54 Å². The van der Waals surface area contributed by atoms with Crippen LogP contribution in [0.15, 0.2) is 30.7 Å². The molecule has 112 valence electrons. The van der Waals surface area contributed by atoms with E-state index in [9.17, 15) is 0 Å². The van der Waals surface area contributed by atoms with Crippen LogP contribution in [0.25, 0.3) is 11.3 Å². The van der Waals surface area contributed by atoms with Gasteiger partial charge in [-0.1, -0.05) is 19.8 Å². The molecule has 0 aromatic carbocycles. The zero-order valence-corrected chi connectivity index (χ0v) is 12.7. The summed E-state index contributed by atoms with van der Waals surface area (Å²) in [6.07, 6.45) is 11.1. The Morgan fingerprint density at radius 2 is 2.10 bits per heavy atom. The first kappa shape index (κ1) is 14.3. The highest BCUT2D eigenvalue weighted by atomic mass is 15.1. The van der Waals surface area contributed by atoms with Crippen molar-refractivity contribution >= 4 is 0 Å². The van der Waals surface area contributed by atoms with Crippen molar-refractivity contribution < 1.29 is 0 Å². The highest BCUT2D eigenvalue weighted by Crippen LogP contribution is 2.27. The molecule has 0 bridgehead atoms. The molecule has 0 spiro atoms. The quantitative estimate of drug-likeness (QED) is 0.885. The normalized spacial score (nSPS) is 22.3. The Kier molecular flexibility index (Phi) is 4.65. The van der Waals surface area contributed by atoms with E-state index in [1.807, 2.05) is 18.5 Å². The first-order valence-corrected chi connectivity index (χ1v) is 7.96. The first-order chi connectivity index (χ1) is 10.3. The Morgan fingerprint density at radius 1 is 1.24 bits per heavy atom. The molecule has 1 aliphatic carbocycles. The van der Waals surface area contributed by atoms with Crippen molar-refractivity contribution in [1.29, 1.82) is 0 Å². The Morgan fingerprint density at radius 3 is 2.86 bits per heavy atom. The number of H-pyrrole nitrogens is 1. The van der Waals surface area contributed by atoms with Crippen LogP contribution in [0.4, 0.5) is 0 Å². The molecule has 0 atom stereocenters. The van der Waals surface area contributed by atoms with Crippen LogP contribution in [0.2, 0.25) is 0 Å². The van der Waals surface area contributed by atoms with Crippen LogP contribution in [0.3, 0.4) is 0 Å². The highest BCUT2D eigenvalue weighted by Gasteiger charge is 2.17. The third-order valence-electron chi connectivity index (χ3n) is 4.55. The van der Waals surface area contributed by atoms with E-state index >= 15 is 0 Å². The van der Waals surface area contributed by atoms with E-state index in [4.69, 9.17) is 0 Å². The number of hydrogen-bond donors (Lipinski definition) is 2. The molecule has 4 heteroatoms. The molecule has 1 fully saturated rings. The minimum atomic E-state index is 0.843. The lowest BCUT2D eigenvalue weighted by Gasteiger charge is -2.26. The average molecular weight is 284 g/mol. The fraction of sp³-hybridized carbons (Fsp3) is 0.529. The first-order valence-electron chi connectivity index (χ1n) is 7.96. The van der Waals surface area contributed by atoms with Gasteiger partial charge in [-0.25, -0.2) is 0 Å². The van der Waals surface area contributed by atoms with E-state index in [0.29, 0.717) is 0 Å². The molecule has 2 N–H and O–H groups in total. The second-order valence-electron chi connectivity index (χ2n) is 6.27. The largest absolute Gasteiger partial charge is 0.312 e. The molecule has 0 amide bonds. The van der Waals surface area contributed by atoms with Crippen LogP contribution in [-0.4, -0.2) is 21.7 Å². The van der Waals surface area contributed by atoms with Crippen LogP contribution in [0.1, 0.15) is 38.2 Å². The summed E-state index contributed by atoms with van der Waals surface area (Å²) in [7, 11) is 0. The van der Waals surface area contributed by atoms with Gasteiger partial charge in [0.15, 0.2) is 0 Å². The smallest absolute Gasteiger partial charge is 0.0710 e. The van der Waals surface area contributed by atoms with Crippen LogP contribution in [-0.2, 0) is 6.54 Å². The summed E-state index contributed by atoms with van der Waals surface area (Å²) in [5, 5.41) is 10.9. The van der Waals surface area contributed by atoms with Gasteiger partial charge in [0.25, 0.3) is 0 Å². The molecule has 4 nitrogen and oxygen atoms in total. The molecule has 2 aromatic rings. The summed E-state index contributed by atoms with van der Waals surface area (Å²) in [6, 6.07) is 4.02. The maximum atomic E-state index is 4.18. The summed E-state index contributed by atoms with van der Waals surface area (Å²) in [6.45, 7) is 4.35. The maximum absolute atomic E-state index is 4.18. The van der Waals surface area contributed by atoms with Gasteiger partial charge in [0.05, 0.1) is 11.9 Å². The highest BCUT2D eigenvalue weighted by molar-refractivity contribution is 5.61. The second kappa shape index (κ2) is 6.85. The van der Waals surface area contributed by atoms with Gasteiger partial charge in [-0.05, 0) is 43.4 Å². The van der Waals surface area contributed by atoms with E-state index < -0.39 is 0 Å². The number of aromatic nitrogens is 3. The Bertz CT molecular complexity index is 541. The minimum Gasteiger partial charge on any atom is -0.312 e. The lowest BCUT2D eigenvalue weighted by molar-refractivity contribution is 0.281. The predicted octanol–water partition coefficient (Wildman–Crippen LogP) is 3.39. The Labute approximate surface area is 126 Å². The number of nitrogens with one attached hydrogen (secondary N) is 2. The zero-order chi connectivity index (χ0) is 14.5. The third-order valence-corrected chi connectivity index (χ3v) is 4.55. The molecule has 3 rings (SSSR count). The van der Waals surface area contributed by atoms with Crippen molar-refractivity contribution in [3.8, 4) is 11.3 Å². The molecule has 2 aromatic heterocycles. The topological polar surface area (TPSA) is 53.6 Å². The van der Waals surface area contributed by atoms with Crippen LogP contribution < -0.4 is 5.32 Å². The van der Waals surface area contributed by atoms with E-state index in [1.54, 1.807) is 6.20 Å². The SMILES string of the molecule is CC1CCC(CNCc2cn[nH]c2-c2cccnc2)CC1. The minimum absolute atomic E-state index is 0.843. The molecule has 1 saturated carbocycles. The standard InChI is InChI=1S/C17H24N4/c1-13-4-6-14(7-5-13)9-19-11-16-12-20-21-17(16)15-3-2-8-18-10-15/h2-3,8,10,12-14,19H,4-7,9,11H2,1H3,(H,20,21). The van der Waals surface area contributed by atoms with Crippen molar-refractivity contribution in [3.63, 3.8) is 0 Å². The molecule has 0 saturated heterocycles. The van der Waals surface area contributed by atoms with Crippen molar-refractivity contribution in [1.82, 2.24) is 20.5 Å². The number of hydrogen-bond acceptors (Lipinski definition) is 3. The van der Waals surface area contributed by atoms with Gasteiger partial charge in [-0.2, -0.15) is 5.10 Å². The van der Waals surface area contributed by atoms with Gasteiger partial charge in [-0.15, -0.1) is 0 Å². The number of pyridine rings is 1. The summed E-state index contributed by atoms with van der Waals surface area (Å²) >= 11 is 0. The molecule has 1 aliphatic rings. The average Bonchev–Trinajstić information content (AvgIpc) is 2.99. The van der Waals surface area contributed by atoms with Crippen LogP contribution in [0, 0.1) is 11.8 Å². The van der Waals surface area contributed by atoms with E-state index in [-0.39, 0.29) is 0 Å². The van der Waals surface area contributed by atoms with Crippen molar-refractivity contribution in [3.05, 3.63) is 36.3 Å². The molecule has 2 heterocycles. The van der Waals surface area contributed by atoms with Gasteiger partial charge in [0, 0.05) is 30.1 Å². The van der Waals surface area contributed by atoms with Gasteiger partial charge >= 0.3 is 0 Å². The van der Waals surface area contributed by atoms with Crippen LogP contribution >= 0.6 is 0 Å². The van der Waals surface area contributed by atoms with E-state index in [2.05, 4.69) is 33.5 Å². The fourth-order valence-electron chi connectivity index (χ4n) is 3.15. The van der Waals surface area contributed by atoms with Crippen molar-refractivity contribution in [2.24, 2.45) is 11.8 Å². The molecular formula is C17H24N4. The van der Waals surface area contributed by atoms with Gasteiger partial charge in [-0.3, -0.25) is 10.1 Å². The Balaban J connectivity index is 1.53. The lowest BCUT2D eigenvalue weighted by atomic mass is 9.83. The molecule has 0 aliphatic heterocycles. The van der Waals surface area contributed by atoms with Crippen LogP contribution in [0.5, 0.6) is 0 Å². The number of aromatic amines is 1. The maximum Gasteiger partial charge on any atom is 0.0710 e.